The van der Waals surface area contributed by atoms with Crippen molar-refractivity contribution in [2.24, 2.45) is 0 Å². The van der Waals surface area contributed by atoms with Gasteiger partial charge < -0.3 is 9.80 Å². The predicted molar refractivity (Wildman–Crippen MR) is 258 cm³/mol. The fraction of sp³-hybridized carbons (Fsp3) is 0.0508. The average molecular weight is 781 g/mol. The van der Waals surface area contributed by atoms with Gasteiger partial charge in [-0.05, 0) is 142 Å². The van der Waals surface area contributed by atoms with Crippen molar-refractivity contribution in [3.05, 3.63) is 264 Å². The molecule has 0 N–H and O–H groups in total. The van der Waals surface area contributed by atoms with Crippen molar-refractivity contribution in [2.75, 3.05) is 9.80 Å². The fourth-order valence-electron chi connectivity index (χ4n) is 9.90. The predicted octanol–water partition coefficient (Wildman–Crippen LogP) is 15.9. The van der Waals surface area contributed by atoms with Crippen LogP contribution in [0.4, 0.5) is 34.1 Å². The van der Waals surface area contributed by atoms with Crippen molar-refractivity contribution in [3.8, 4) is 11.1 Å². The molecule has 0 aliphatic heterocycles. The number of rotatable bonds is 8. The van der Waals surface area contributed by atoms with Gasteiger partial charge in [0.2, 0.25) is 0 Å². The summed E-state index contributed by atoms with van der Waals surface area (Å²) in [5, 5.41) is 4.98. The van der Waals surface area contributed by atoms with E-state index in [2.05, 4.69) is 254 Å². The Kier molecular flexibility index (Phi) is 8.86. The van der Waals surface area contributed by atoms with Crippen LogP contribution in [0.3, 0.4) is 0 Å². The Bertz CT molecular complexity index is 3050. The number of anilines is 6. The van der Waals surface area contributed by atoms with Gasteiger partial charge in [0.05, 0.1) is 5.41 Å². The smallest absolute Gasteiger partial charge is 0.0720 e. The maximum Gasteiger partial charge on any atom is 0.0720 e. The lowest BCUT2D eigenvalue weighted by atomic mass is 9.66. The molecule has 10 aromatic rings. The van der Waals surface area contributed by atoms with Gasteiger partial charge in [-0.15, -0.1) is 0 Å². The van der Waals surface area contributed by atoms with E-state index in [1.165, 1.54) is 66.1 Å². The molecule has 1 aliphatic rings. The molecule has 0 saturated carbocycles. The summed E-state index contributed by atoms with van der Waals surface area (Å²) in [6.07, 6.45) is 0. The first kappa shape index (κ1) is 36.4. The van der Waals surface area contributed by atoms with Crippen LogP contribution in [0.25, 0.3) is 32.7 Å². The van der Waals surface area contributed by atoms with Crippen LogP contribution in [0.15, 0.2) is 231 Å². The number of aryl methyl sites for hydroxylation is 2. The van der Waals surface area contributed by atoms with Crippen LogP contribution in [0.2, 0.25) is 0 Å². The Balaban J connectivity index is 1.27. The highest BCUT2D eigenvalue weighted by atomic mass is 15.1. The molecule has 0 atom stereocenters. The van der Waals surface area contributed by atoms with Crippen LogP contribution in [0, 0.1) is 13.8 Å². The molecular weight excluding hydrogens is 737 g/mol. The zero-order chi connectivity index (χ0) is 40.9. The molecule has 0 aromatic heterocycles. The van der Waals surface area contributed by atoms with Crippen molar-refractivity contribution in [1.29, 1.82) is 0 Å². The Morgan fingerprint density at radius 2 is 0.721 bits per heavy atom. The third kappa shape index (κ3) is 5.94. The first-order valence-electron chi connectivity index (χ1n) is 21.2. The number of benzene rings is 10. The number of hydrogen-bond acceptors (Lipinski definition) is 2. The first-order chi connectivity index (χ1) is 30.1. The average Bonchev–Trinajstić information content (AvgIpc) is 3.62. The minimum Gasteiger partial charge on any atom is -0.310 e. The van der Waals surface area contributed by atoms with Crippen LogP contribution in [0.1, 0.15) is 33.4 Å². The fourth-order valence-corrected chi connectivity index (χ4v) is 9.90. The quantitative estimate of drug-likeness (QED) is 0.142. The molecule has 0 saturated heterocycles. The Morgan fingerprint density at radius 3 is 1.20 bits per heavy atom. The number of nitrogens with zero attached hydrogens (tertiary/aromatic N) is 2. The molecular formula is C59H44N2. The minimum atomic E-state index is -0.649. The molecule has 0 bridgehead atoms. The highest BCUT2D eigenvalue weighted by molar-refractivity contribution is 6.20. The van der Waals surface area contributed by atoms with E-state index in [9.17, 15) is 0 Å². The van der Waals surface area contributed by atoms with Gasteiger partial charge in [-0.3, -0.25) is 0 Å². The number of hydrogen-bond donors (Lipinski definition) is 0. The molecule has 2 nitrogen and oxygen atoms in total. The third-order valence-corrected chi connectivity index (χ3v) is 12.6. The molecule has 0 unspecified atom stereocenters. The normalized spacial score (nSPS) is 12.6. The van der Waals surface area contributed by atoms with Crippen LogP contribution < -0.4 is 9.80 Å². The standard InChI is InChI=1S/C59H44N2/c1-41-27-31-43(32-28-41)59(44-33-29-42(2)30-34-44)56-40-50(61(47-21-11-5-12-22-47)48-23-13-6-14-24-48)36-38-54(56)57-52-26-16-15-25-51(52)55-39-49(35-37-53(55)58(57)59)60(45-17-7-3-8-18-45)46-19-9-4-10-20-46/h3-40H,1-2H3. The van der Waals surface area contributed by atoms with E-state index in [4.69, 9.17) is 0 Å². The van der Waals surface area contributed by atoms with Gasteiger partial charge in [-0.25, -0.2) is 0 Å². The summed E-state index contributed by atoms with van der Waals surface area (Å²) in [6.45, 7) is 4.37. The minimum absolute atomic E-state index is 0.649. The summed E-state index contributed by atoms with van der Waals surface area (Å²) < 4.78 is 0. The maximum atomic E-state index is 2.48. The van der Waals surface area contributed by atoms with Gasteiger partial charge in [-0.2, -0.15) is 0 Å². The summed E-state index contributed by atoms with van der Waals surface area (Å²) >= 11 is 0. The molecule has 61 heavy (non-hydrogen) atoms. The van der Waals surface area contributed by atoms with Crippen molar-refractivity contribution in [2.45, 2.75) is 19.3 Å². The molecule has 290 valence electrons. The topological polar surface area (TPSA) is 6.48 Å². The van der Waals surface area contributed by atoms with E-state index < -0.39 is 5.41 Å². The summed E-state index contributed by atoms with van der Waals surface area (Å²) in [4.78, 5) is 4.76. The summed E-state index contributed by atoms with van der Waals surface area (Å²) in [6, 6.07) is 84.9. The van der Waals surface area contributed by atoms with Crippen LogP contribution in [0.5, 0.6) is 0 Å². The summed E-state index contributed by atoms with van der Waals surface area (Å²) in [5.74, 6) is 0. The molecule has 0 amide bonds. The third-order valence-electron chi connectivity index (χ3n) is 12.6. The molecule has 11 rings (SSSR count). The number of fused-ring (bicyclic) bond motifs is 8. The molecule has 2 heteroatoms. The lowest BCUT2D eigenvalue weighted by molar-refractivity contribution is 0.775. The Morgan fingerprint density at radius 1 is 0.311 bits per heavy atom. The second kappa shape index (κ2) is 14.9. The number of para-hydroxylation sites is 4. The molecule has 1 aliphatic carbocycles. The van der Waals surface area contributed by atoms with Gasteiger partial charge in [0.25, 0.3) is 0 Å². The lowest BCUT2D eigenvalue weighted by Gasteiger charge is -2.36. The zero-order valence-electron chi connectivity index (χ0n) is 34.3. The maximum absolute atomic E-state index is 2.48. The van der Waals surface area contributed by atoms with Gasteiger partial charge >= 0.3 is 0 Å². The van der Waals surface area contributed by atoms with E-state index in [0.29, 0.717) is 0 Å². The Labute approximate surface area is 358 Å². The van der Waals surface area contributed by atoms with Crippen LogP contribution in [-0.4, -0.2) is 0 Å². The van der Waals surface area contributed by atoms with Gasteiger partial charge in [0.1, 0.15) is 0 Å². The second-order valence-corrected chi connectivity index (χ2v) is 16.3. The SMILES string of the molecule is Cc1ccc(C2(c3ccc(C)cc3)c3cc(N(c4ccccc4)c4ccccc4)ccc3-c3c2c2ccc(N(c4ccccc4)c4ccccc4)cc2c2ccccc32)cc1. The molecule has 0 fully saturated rings. The van der Waals surface area contributed by atoms with E-state index >= 15 is 0 Å². The highest BCUT2D eigenvalue weighted by Gasteiger charge is 2.48. The van der Waals surface area contributed by atoms with Crippen LogP contribution in [-0.2, 0) is 5.41 Å². The van der Waals surface area contributed by atoms with Crippen molar-refractivity contribution in [1.82, 2.24) is 0 Å². The molecule has 0 heterocycles. The van der Waals surface area contributed by atoms with E-state index in [1.807, 2.05) is 0 Å². The molecule has 10 aromatic carbocycles. The summed E-state index contributed by atoms with van der Waals surface area (Å²) in [7, 11) is 0. The summed E-state index contributed by atoms with van der Waals surface area (Å²) in [5.41, 5.74) is 16.2. The van der Waals surface area contributed by atoms with Gasteiger partial charge in [0.15, 0.2) is 0 Å². The van der Waals surface area contributed by atoms with E-state index in [1.54, 1.807) is 0 Å². The second-order valence-electron chi connectivity index (χ2n) is 16.3. The Hall–Kier alpha value is -7.68. The monoisotopic (exact) mass is 780 g/mol. The van der Waals surface area contributed by atoms with E-state index in [0.717, 1.165) is 34.1 Å². The largest absolute Gasteiger partial charge is 0.310 e. The first-order valence-corrected chi connectivity index (χ1v) is 21.2. The molecule has 0 spiro atoms. The zero-order valence-corrected chi connectivity index (χ0v) is 34.3. The molecule has 0 radical (unpaired) electrons. The van der Waals surface area contributed by atoms with Crippen molar-refractivity contribution in [3.63, 3.8) is 0 Å². The highest BCUT2D eigenvalue weighted by Crippen LogP contribution is 2.61. The van der Waals surface area contributed by atoms with Crippen molar-refractivity contribution < 1.29 is 0 Å². The van der Waals surface area contributed by atoms with Gasteiger partial charge in [-0.1, -0.05) is 169 Å². The van der Waals surface area contributed by atoms with Crippen molar-refractivity contribution >= 4 is 55.7 Å². The van der Waals surface area contributed by atoms with E-state index in [-0.39, 0.29) is 0 Å². The van der Waals surface area contributed by atoms with Crippen LogP contribution >= 0.6 is 0 Å². The van der Waals surface area contributed by atoms with Gasteiger partial charge in [0, 0.05) is 34.1 Å². The lowest BCUT2D eigenvalue weighted by Crippen LogP contribution is -2.29.